The minimum absolute atomic E-state index is 0.502. The lowest BCUT2D eigenvalue weighted by Crippen LogP contribution is -2.57. The summed E-state index contributed by atoms with van der Waals surface area (Å²) in [5, 5.41) is 3.63. The van der Waals surface area contributed by atoms with Crippen LogP contribution in [-0.4, -0.2) is 37.1 Å². The van der Waals surface area contributed by atoms with Crippen molar-refractivity contribution in [2.45, 2.75) is 85.2 Å². The Labute approximate surface area is 133 Å². The van der Waals surface area contributed by atoms with Crippen LogP contribution in [0, 0.1) is 16.7 Å². The SMILES string of the molecule is CCC(C)(C)C1CCC(NC)C(N2CCCC(C)(C)C2)C1. The van der Waals surface area contributed by atoms with Crippen LogP contribution < -0.4 is 5.32 Å². The van der Waals surface area contributed by atoms with E-state index in [2.05, 4.69) is 51.9 Å². The number of hydrogen-bond donors (Lipinski definition) is 1. The lowest BCUT2D eigenvalue weighted by atomic mass is 9.66. The number of piperidine rings is 1. The lowest BCUT2D eigenvalue weighted by molar-refractivity contribution is 0.0112. The maximum absolute atomic E-state index is 3.63. The first-order chi connectivity index (χ1) is 9.79. The Bertz CT molecular complexity index is 334. The minimum atomic E-state index is 0.502. The molecular weight excluding hydrogens is 256 g/mol. The van der Waals surface area contributed by atoms with E-state index in [-0.39, 0.29) is 0 Å². The molecule has 1 aliphatic heterocycles. The molecule has 1 aliphatic carbocycles. The van der Waals surface area contributed by atoms with E-state index in [9.17, 15) is 0 Å². The van der Waals surface area contributed by atoms with Crippen LogP contribution >= 0.6 is 0 Å². The Hall–Kier alpha value is -0.0800. The average Bonchev–Trinajstić information content (AvgIpc) is 2.45. The predicted molar refractivity (Wildman–Crippen MR) is 92.6 cm³/mol. The molecule has 2 rings (SSSR count). The van der Waals surface area contributed by atoms with Crippen molar-refractivity contribution in [3.8, 4) is 0 Å². The summed E-state index contributed by atoms with van der Waals surface area (Å²) in [4.78, 5) is 2.82. The molecule has 0 aromatic rings. The Kier molecular flexibility index (Phi) is 5.41. The van der Waals surface area contributed by atoms with Gasteiger partial charge >= 0.3 is 0 Å². The number of nitrogens with one attached hydrogen (secondary N) is 1. The van der Waals surface area contributed by atoms with E-state index in [4.69, 9.17) is 0 Å². The highest BCUT2D eigenvalue weighted by atomic mass is 15.2. The monoisotopic (exact) mass is 294 g/mol. The third-order valence-electron chi connectivity index (χ3n) is 6.60. The molecule has 3 atom stereocenters. The summed E-state index contributed by atoms with van der Waals surface area (Å²) in [5.74, 6) is 0.891. The number of hydrogen-bond acceptors (Lipinski definition) is 2. The molecule has 3 unspecified atom stereocenters. The van der Waals surface area contributed by atoms with Crippen molar-refractivity contribution in [2.24, 2.45) is 16.7 Å². The van der Waals surface area contributed by atoms with E-state index in [1.54, 1.807) is 0 Å². The average molecular weight is 295 g/mol. The molecule has 21 heavy (non-hydrogen) atoms. The lowest BCUT2D eigenvalue weighted by Gasteiger charge is -2.50. The molecule has 1 saturated carbocycles. The van der Waals surface area contributed by atoms with E-state index in [0.717, 1.165) is 12.0 Å². The maximum Gasteiger partial charge on any atom is 0.0252 e. The van der Waals surface area contributed by atoms with Gasteiger partial charge in [-0.2, -0.15) is 0 Å². The first-order valence-electron chi connectivity index (χ1n) is 9.20. The van der Waals surface area contributed by atoms with Crippen molar-refractivity contribution in [3.05, 3.63) is 0 Å². The molecular formula is C19H38N2. The summed E-state index contributed by atoms with van der Waals surface area (Å²) in [6.45, 7) is 14.8. The zero-order valence-electron chi connectivity index (χ0n) is 15.3. The molecule has 124 valence electrons. The summed E-state index contributed by atoms with van der Waals surface area (Å²) in [6, 6.07) is 1.45. The van der Waals surface area contributed by atoms with Gasteiger partial charge < -0.3 is 5.32 Å². The van der Waals surface area contributed by atoms with Crippen LogP contribution in [0.25, 0.3) is 0 Å². The zero-order valence-corrected chi connectivity index (χ0v) is 15.3. The highest BCUT2D eigenvalue weighted by molar-refractivity contribution is 4.96. The molecule has 1 heterocycles. The number of nitrogens with zero attached hydrogens (tertiary/aromatic N) is 1. The normalized spacial score (nSPS) is 34.9. The van der Waals surface area contributed by atoms with Crippen LogP contribution in [0.2, 0.25) is 0 Å². The summed E-state index contributed by atoms with van der Waals surface area (Å²) in [6.07, 6.45) is 8.22. The molecule has 0 aromatic carbocycles. The van der Waals surface area contributed by atoms with E-state index >= 15 is 0 Å². The highest BCUT2D eigenvalue weighted by Crippen LogP contribution is 2.43. The van der Waals surface area contributed by atoms with Gasteiger partial charge in [0.25, 0.3) is 0 Å². The van der Waals surface area contributed by atoms with E-state index in [1.165, 1.54) is 51.6 Å². The standard InChI is InChI=1S/C19H38N2/c1-7-19(4,5)15-9-10-16(20-6)17(13-15)21-12-8-11-18(2,3)14-21/h15-17,20H,7-14H2,1-6H3. The van der Waals surface area contributed by atoms with Crippen LogP contribution in [0.4, 0.5) is 0 Å². The Morgan fingerprint density at radius 3 is 2.52 bits per heavy atom. The first-order valence-corrected chi connectivity index (χ1v) is 9.20. The number of likely N-dealkylation sites (tertiary alicyclic amines) is 1. The molecule has 0 amide bonds. The summed E-state index contributed by atoms with van der Waals surface area (Å²) >= 11 is 0. The number of rotatable bonds is 4. The van der Waals surface area contributed by atoms with Crippen molar-refractivity contribution in [3.63, 3.8) is 0 Å². The van der Waals surface area contributed by atoms with Gasteiger partial charge in [0.2, 0.25) is 0 Å². The van der Waals surface area contributed by atoms with Gasteiger partial charge in [0.15, 0.2) is 0 Å². The second-order valence-electron chi connectivity index (χ2n) is 9.05. The van der Waals surface area contributed by atoms with Crippen molar-refractivity contribution < 1.29 is 0 Å². The van der Waals surface area contributed by atoms with Crippen LogP contribution in [0.1, 0.15) is 73.1 Å². The summed E-state index contributed by atoms with van der Waals surface area (Å²) < 4.78 is 0. The third-order valence-corrected chi connectivity index (χ3v) is 6.60. The largest absolute Gasteiger partial charge is 0.315 e. The molecule has 1 saturated heterocycles. The highest BCUT2D eigenvalue weighted by Gasteiger charge is 2.41. The van der Waals surface area contributed by atoms with Crippen LogP contribution in [0.3, 0.4) is 0 Å². The van der Waals surface area contributed by atoms with Gasteiger partial charge in [-0.1, -0.05) is 41.0 Å². The van der Waals surface area contributed by atoms with E-state index in [0.29, 0.717) is 16.9 Å². The second kappa shape index (κ2) is 6.58. The third kappa shape index (κ3) is 4.01. The minimum Gasteiger partial charge on any atom is -0.315 e. The van der Waals surface area contributed by atoms with Gasteiger partial charge in [-0.25, -0.2) is 0 Å². The van der Waals surface area contributed by atoms with Gasteiger partial charge in [-0.15, -0.1) is 0 Å². The van der Waals surface area contributed by atoms with Gasteiger partial charge in [-0.05, 0) is 62.4 Å². The van der Waals surface area contributed by atoms with E-state index in [1.807, 2.05) is 0 Å². The van der Waals surface area contributed by atoms with Crippen molar-refractivity contribution in [1.82, 2.24) is 10.2 Å². The molecule has 0 bridgehead atoms. The fourth-order valence-corrected chi connectivity index (χ4v) is 4.64. The fourth-order valence-electron chi connectivity index (χ4n) is 4.64. The molecule has 0 radical (unpaired) electrons. The van der Waals surface area contributed by atoms with Gasteiger partial charge in [0.1, 0.15) is 0 Å². The summed E-state index contributed by atoms with van der Waals surface area (Å²) in [5.41, 5.74) is 1.01. The summed E-state index contributed by atoms with van der Waals surface area (Å²) in [7, 11) is 2.16. The van der Waals surface area contributed by atoms with Crippen molar-refractivity contribution >= 4 is 0 Å². The Balaban J connectivity index is 2.10. The van der Waals surface area contributed by atoms with Gasteiger partial charge in [0.05, 0.1) is 0 Å². The predicted octanol–water partition coefficient (Wildman–Crippen LogP) is 4.30. The van der Waals surface area contributed by atoms with Gasteiger partial charge in [-0.3, -0.25) is 4.90 Å². The Morgan fingerprint density at radius 1 is 1.24 bits per heavy atom. The first kappa shape index (κ1) is 17.3. The quantitative estimate of drug-likeness (QED) is 0.831. The molecule has 2 nitrogen and oxygen atoms in total. The molecule has 0 spiro atoms. The molecule has 2 fully saturated rings. The smallest absolute Gasteiger partial charge is 0.0252 e. The van der Waals surface area contributed by atoms with Gasteiger partial charge in [0, 0.05) is 18.6 Å². The van der Waals surface area contributed by atoms with Crippen molar-refractivity contribution in [2.75, 3.05) is 20.1 Å². The van der Waals surface area contributed by atoms with Crippen LogP contribution in [0.15, 0.2) is 0 Å². The molecule has 2 aliphatic rings. The second-order valence-corrected chi connectivity index (χ2v) is 9.05. The number of likely N-dealkylation sites (N-methyl/N-ethyl adjacent to an activating group) is 1. The fraction of sp³-hybridized carbons (Fsp3) is 1.00. The van der Waals surface area contributed by atoms with Crippen molar-refractivity contribution in [1.29, 1.82) is 0 Å². The van der Waals surface area contributed by atoms with E-state index < -0.39 is 0 Å². The molecule has 1 N–H and O–H groups in total. The maximum atomic E-state index is 3.63. The topological polar surface area (TPSA) is 15.3 Å². The zero-order chi connectivity index (χ0) is 15.7. The molecule has 2 heteroatoms. The van der Waals surface area contributed by atoms with Crippen LogP contribution in [-0.2, 0) is 0 Å². The molecule has 0 aromatic heterocycles. The Morgan fingerprint density at radius 2 is 1.95 bits per heavy atom. The van der Waals surface area contributed by atoms with Crippen LogP contribution in [0.5, 0.6) is 0 Å².